The number of benzene rings is 1. The normalized spacial score (nSPS) is 16.1. The van der Waals surface area contributed by atoms with Crippen LogP contribution in [0.25, 0.3) is 16.9 Å². The number of aromatic nitrogens is 4. The van der Waals surface area contributed by atoms with Gasteiger partial charge in [0.15, 0.2) is 5.69 Å². The summed E-state index contributed by atoms with van der Waals surface area (Å²) in [6.45, 7) is 0.800. The van der Waals surface area contributed by atoms with Crippen molar-refractivity contribution in [3.63, 3.8) is 0 Å². The molecule has 0 unspecified atom stereocenters. The van der Waals surface area contributed by atoms with Crippen molar-refractivity contribution in [2.75, 3.05) is 13.2 Å². The van der Waals surface area contributed by atoms with Gasteiger partial charge in [-0.05, 0) is 12.1 Å². The second-order valence-corrected chi connectivity index (χ2v) is 7.32. The summed E-state index contributed by atoms with van der Waals surface area (Å²) in [6, 6.07) is 3.93. The van der Waals surface area contributed by atoms with Crippen LogP contribution in [0.4, 0.5) is 13.2 Å². The van der Waals surface area contributed by atoms with E-state index in [2.05, 4.69) is 19.6 Å². The molecule has 0 radical (unpaired) electrons. The summed E-state index contributed by atoms with van der Waals surface area (Å²) >= 11 is 0. The summed E-state index contributed by atoms with van der Waals surface area (Å²) in [6.07, 6.45) is 0.280. The van der Waals surface area contributed by atoms with E-state index in [0.29, 0.717) is 19.6 Å². The monoisotopic (exact) mass is 476 g/mol. The number of imidazole rings is 1. The van der Waals surface area contributed by atoms with Crippen LogP contribution in [0.5, 0.6) is 17.4 Å². The van der Waals surface area contributed by atoms with Gasteiger partial charge >= 0.3 is 12.1 Å². The first kappa shape index (κ1) is 21.7. The lowest BCUT2D eigenvalue weighted by atomic mass is 10.2. The Hall–Kier alpha value is -4.13. The van der Waals surface area contributed by atoms with Gasteiger partial charge in [-0.25, -0.2) is 14.8 Å². The SMILES string of the molecule is O=C(O[C@@H]1CCOC1)c1ccc(Oc2nccn3c(-c4conc4C(F)(F)F)cnc23)cc1O. The van der Waals surface area contributed by atoms with Crippen molar-refractivity contribution in [3.05, 3.63) is 54.3 Å². The highest BCUT2D eigenvalue weighted by Crippen LogP contribution is 2.37. The molecule has 0 spiro atoms. The molecule has 0 saturated carbocycles. The van der Waals surface area contributed by atoms with Gasteiger partial charge in [0.05, 0.1) is 30.7 Å². The summed E-state index contributed by atoms with van der Waals surface area (Å²) in [7, 11) is 0. The van der Waals surface area contributed by atoms with E-state index in [1.807, 2.05) is 0 Å². The third kappa shape index (κ3) is 4.01. The molecular weight excluding hydrogens is 461 g/mol. The average molecular weight is 476 g/mol. The third-order valence-corrected chi connectivity index (χ3v) is 5.08. The maximum atomic E-state index is 13.2. The number of esters is 1. The second-order valence-electron chi connectivity index (χ2n) is 7.32. The van der Waals surface area contributed by atoms with Gasteiger partial charge in [-0.15, -0.1) is 0 Å². The van der Waals surface area contributed by atoms with E-state index in [9.17, 15) is 23.1 Å². The van der Waals surface area contributed by atoms with Gasteiger partial charge in [-0.2, -0.15) is 13.2 Å². The number of phenolic OH excluding ortho intramolecular Hbond substituents is 1. The van der Waals surface area contributed by atoms with Crippen molar-refractivity contribution in [2.45, 2.75) is 18.7 Å². The fourth-order valence-corrected chi connectivity index (χ4v) is 3.47. The average Bonchev–Trinajstić information content (AvgIpc) is 3.54. The van der Waals surface area contributed by atoms with Crippen molar-refractivity contribution in [1.82, 2.24) is 19.5 Å². The molecule has 5 rings (SSSR count). The van der Waals surface area contributed by atoms with Crippen molar-refractivity contribution >= 4 is 11.6 Å². The molecule has 0 amide bonds. The molecule has 13 heteroatoms. The molecule has 4 aromatic rings. The van der Waals surface area contributed by atoms with Gasteiger partial charge in [0, 0.05) is 24.9 Å². The van der Waals surface area contributed by atoms with Crippen LogP contribution in [0.2, 0.25) is 0 Å². The van der Waals surface area contributed by atoms with Crippen LogP contribution in [-0.4, -0.2) is 49.9 Å². The van der Waals surface area contributed by atoms with Gasteiger partial charge in [-0.3, -0.25) is 4.40 Å². The van der Waals surface area contributed by atoms with E-state index in [1.165, 1.54) is 41.2 Å². The largest absolute Gasteiger partial charge is 0.507 e. The van der Waals surface area contributed by atoms with Crippen LogP contribution in [0.15, 0.2) is 47.6 Å². The first-order valence-electron chi connectivity index (χ1n) is 9.95. The lowest BCUT2D eigenvalue weighted by Gasteiger charge is -2.12. The van der Waals surface area contributed by atoms with E-state index in [1.54, 1.807) is 0 Å². The number of ether oxygens (including phenoxy) is 3. The molecule has 0 bridgehead atoms. The van der Waals surface area contributed by atoms with E-state index >= 15 is 0 Å². The fraction of sp³-hybridized carbons (Fsp3) is 0.238. The first-order chi connectivity index (χ1) is 16.3. The zero-order valence-corrected chi connectivity index (χ0v) is 17.2. The molecule has 1 saturated heterocycles. The lowest BCUT2D eigenvalue weighted by Crippen LogP contribution is -2.18. The van der Waals surface area contributed by atoms with E-state index in [-0.39, 0.29) is 46.0 Å². The number of nitrogens with zero attached hydrogens (tertiary/aromatic N) is 4. The third-order valence-electron chi connectivity index (χ3n) is 5.08. The predicted molar refractivity (Wildman–Crippen MR) is 106 cm³/mol. The number of halogens is 3. The summed E-state index contributed by atoms with van der Waals surface area (Å²) in [5.41, 5.74) is -1.38. The molecule has 1 aromatic carbocycles. The zero-order valence-electron chi connectivity index (χ0n) is 17.2. The minimum Gasteiger partial charge on any atom is -0.507 e. The Labute approximate surface area is 188 Å². The van der Waals surface area contributed by atoms with Crippen molar-refractivity contribution in [1.29, 1.82) is 0 Å². The van der Waals surface area contributed by atoms with Crippen molar-refractivity contribution in [3.8, 4) is 28.6 Å². The summed E-state index contributed by atoms with van der Waals surface area (Å²) in [4.78, 5) is 20.5. The summed E-state index contributed by atoms with van der Waals surface area (Å²) < 4.78 is 61.7. The minimum atomic E-state index is -4.72. The van der Waals surface area contributed by atoms with Crippen LogP contribution >= 0.6 is 0 Å². The molecule has 1 fully saturated rings. The number of phenols is 1. The van der Waals surface area contributed by atoms with Crippen LogP contribution in [0.3, 0.4) is 0 Å². The smallest absolute Gasteiger partial charge is 0.437 e. The predicted octanol–water partition coefficient (Wildman–Crippen LogP) is 3.85. The van der Waals surface area contributed by atoms with Crippen molar-refractivity contribution in [2.24, 2.45) is 0 Å². The van der Waals surface area contributed by atoms with Gasteiger partial charge in [0.2, 0.25) is 5.65 Å². The number of rotatable bonds is 5. The van der Waals surface area contributed by atoms with Crippen LogP contribution in [0, 0.1) is 0 Å². The molecule has 10 nitrogen and oxygen atoms in total. The Kier molecular flexibility index (Phi) is 5.32. The highest BCUT2D eigenvalue weighted by atomic mass is 19.4. The van der Waals surface area contributed by atoms with E-state index in [0.717, 1.165) is 6.26 Å². The molecular formula is C21H15F3N4O6. The molecule has 4 heterocycles. The number of fused-ring (bicyclic) bond motifs is 1. The second kappa shape index (κ2) is 8.33. The molecule has 1 aliphatic rings. The quantitative estimate of drug-likeness (QED) is 0.428. The number of aromatic hydroxyl groups is 1. The number of alkyl halides is 3. The lowest BCUT2D eigenvalue weighted by molar-refractivity contribution is -0.142. The molecule has 1 N–H and O–H groups in total. The molecule has 1 aliphatic heterocycles. The Morgan fingerprint density at radius 3 is 2.85 bits per heavy atom. The Morgan fingerprint density at radius 1 is 1.26 bits per heavy atom. The highest BCUT2D eigenvalue weighted by molar-refractivity contribution is 5.92. The number of carbonyl (C=O) groups is 1. The molecule has 176 valence electrons. The molecule has 0 aliphatic carbocycles. The van der Waals surface area contributed by atoms with Gasteiger partial charge < -0.3 is 23.8 Å². The standard InChI is InChI=1S/C21H15F3N4O6/c22-21(23,24)17-14(10-32-27-17)15-8-26-18-19(25-4-5-28(15)18)33-11-1-2-13(16(29)7-11)20(30)34-12-3-6-31-9-12/h1-2,4-5,7-8,10,12,29H,3,6,9H2/t12-/m1/s1. The Balaban J connectivity index is 1.41. The summed E-state index contributed by atoms with van der Waals surface area (Å²) in [5.74, 6) is -1.01. The van der Waals surface area contributed by atoms with Gasteiger partial charge in [-0.1, -0.05) is 5.16 Å². The van der Waals surface area contributed by atoms with E-state index < -0.39 is 17.8 Å². The van der Waals surface area contributed by atoms with E-state index in [4.69, 9.17) is 14.2 Å². The minimum absolute atomic E-state index is 0.0448. The maximum absolute atomic E-state index is 13.2. The summed E-state index contributed by atoms with van der Waals surface area (Å²) in [5, 5.41) is 13.3. The zero-order chi connectivity index (χ0) is 23.9. The van der Waals surface area contributed by atoms with Crippen LogP contribution < -0.4 is 4.74 Å². The topological polar surface area (TPSA) is 121 Å². The molecule has 1 atom stereocenters. The highest BCUT2D eigenvalue weighted by Gasteiger charge is 2.38. The fourth-order valence-electron chi connectivity index (χ4n) is 3.47. The van der Waals surface area contributed by atoms with Gasteiger partial charge in [0.1, 0.15) is 29.4 Å². The van der Waals surface area contributed by atoms with Gasteiger partial charge in [0.25, 0.3) is 5.88 Å². The maximum Gasteiger partial charge on any atom is 0.437 e. The van der Waals surface area contributed by atoms with Crippen LogP contribution in [-0.2, 0) is 15.7 Å². The number of carbonyl (C=O) groups excluding carboxylic acids is 1. The number of hydrogen-bond donors (Lipinski definition) is 1. The number of hydrogen-bond acceptors (Lipinski definition) is 9. The molecule has 3 aromatic heterocycles. The first-order valence-corrected chi connectivity index (χ1v) is 9.95. The molecule has 34 heavy (non-hydrogen) atoms. The Morgan fingerprint density at radius 2 is 2.12 bits per heavy atom. The van der Waals surface area contributed by atoms with Crippen molar-refractivity contribution < 1.29 is 41.8 Å². The Bertz CT molecular complexity index is 1360. The van der Waals surface area contributed by atoms with Crippen LogP contribution in [0.1, 0.15) is 22.5 Å².